The minimum Gasteiger partial charge on any atom is -0.390 e. The Kier molecular flexibility index (Phi) is 2.01. The monoisotopic (exact) mass is 242 g/mol. The molecule has 0 aromatic rings. The molecular weight excluding hydrogens is 220 g/mol. The fraction of sp³-hybridized carbons (Fsp3) is 1.00. The molecular formula is C13H22O4. The van der Waals surface area contributed by atoms with Gasteiger partial charge in [0.1, 0.15) is 12.2 Å². The summed E-state index contributed by atoms with van der Waals surface area (Å²) >= 11 is 0. The van der Waals surface area contributed by atoms with Crippen LogP contribution in [0.2, 0.25) is 0 Å². The smallest absolute Gasteiger partial charge is 0.164 e. The molecule has 4 heteroatoms. The van der Waals surface area contributed by atoms with Crippen molar-refractivity contribution >= 4 is 0 Å². The van der Waals surface area contributed by atoms with Crippen LogP contribution < -0.4 is 0 Å². The van der Waals surface area contributed by atoms with Gasteiger partial charge in [0.2, 0.25) is 0 Å². The van der Waals surface area contributed by atoms with Crippen molar-refractivity contribution in [3.05, 3.63) is 0 Å². The lowest BCUT2D eigenvalue weighted by Gasteiger charge is -2.46. The Morgan fingerprint density at radius 2 is 1.29 bits per heavy atom. The highest BCUT2D eigenvalue weighted by Crippen LogP contribution is 2.57. The number of fused-ring (bicyclic) bond motifs is 5. The van der Waals surface area contributed by atoms with Crippen LogP contribution in [-0.4, -0.2) is 39.9 Å². The average molecular weight is 242 g/mol. The number of hydrogen-bond acceptors (Lipinski definition) is 4. The Hall–Kier alpha value is -0.160. The fourth-order valence-corrected chi connectivity index (χ4v) is 4.15. The van der Waals surface area contributed by atoms with Crippen molar-refractivity contribution in [1.29, 1.82) is 0 Å². The van der Waals surface area contributed by atoms with Gasteiger partial charge in [-0.05, 0) is 34.6 Å². The topological polar surface area (TPSA) is 47.9 Å². The number of ether oxygens (including phenoxy) is 3. The molecule has 3 saturated heterocycles. The Morgan fingerprint density at radius 3 is 1.71 bits per heavy atom. The van der Waals surface area contributed by atoms with Gasteiger partial charge in [-0.1, -0.05) is 0 Å². The first kappa shape index (κ1) is 11.9. The van der Waals surface area contributed by atoms with E-state index in [1.165, 1.54) is 0 Å². The zero-order valence-electron chi connectivity index (χ0n) is 11.2. The van der Waals surface area contributed by atoms with E-state index >= 15 is 0 Å². The van der Waals surface area contributed by atoms with E-state index < -0.39 is 22.6 Å². The first-order valence-corrected chi connectivity index (χ1v) is 6.34. The van der Waals surface area contributed by atoms with Crippen LogP contribution in [0, 0.1) is 0 Å². The molecule has 2 bridgehead atoms. The minimum atomic E-state index is -0.705. The van der Waals surface area contributed by atoms with E-state index in [1.807, 2.05) is 34.6 Å². The molecule has 1 N–H and O–H groups in total. The summed E-state index contributed by atoms with van der Waals surface area (Å²) in [6.07, 6.45) is 1.01. The molecule has 0 unspecified atom stereocenters. The summed E-state index contributed by atoms with van der Waals surface area (Å²) in [6.45, 7) is 9.79. The first-order valence-electron chi connectivity index (χ1n) is 6.34. The van der Waals surface area contributed by atoms with Crippen LogP contribution in [0.1, 0.15) is 47.5 Å². The van der Waals surface area contributed by atoms with E-state index in [4.69, 9.17) is 14.2 Å². The zero-order valence-corrected chi connectivity index (χ0v) is 11.2. The van der Waals surface area contributed by atoms with E-state index in [0.29, 0.717) is 12.8 Å². The largest absolute Gasteiger partial charge is 0.390 e. The van der Waals surface area contributed by atoms with Crippen molar-refractivity contribution in [2.75, 3.05) is 0 Å². The van der Waals surface area contributed by atoms with Crippen LogP contribution >= 0.6 is 0 Å². The summed E-state index contributed by atoms with van der Waals surface area (Å²) in [4.78, 5) is 0. The van der Waals surface area contributed by atoms with E-state index in [0.717, 1.165) is 0 Å². The third kappa shape index (κ3) is 1.58. The van der Waals surface area contributed by atoms with Crippen LogP contribution in [0.5, 0.6) is 0 Å². The average Bonchev–Trinajstić information content (AvgIpc) is 2.43. The molecule has 0 saturated carbocycles. The molecule has 0 spiro atoms. The summed E-state index contributed by atoms with van der Waals surface area (Å²) < 4.78 is 18.1. The van der Waals surface area contributed by atoms with Gasteiger partial charge in [0.25, 0.3) is 0 Å². The van der Waals surface area contributed by atoms with E-state index in [-0.39, 0.29) is 12.2 Å². The van der Waals surface area contributed by atoms with Crippen LogP contribution in [0.15, 0.2) is 0 Å². The normalized spacial score (nSPS) is 60.4. The van der Waals surface area contributed by atoms with Gasteiger partial charge in [-0.25, -0.2) is 0 Å². The molecule has 3 rings (SSSR count). The van der Waals surface area contributed by atoms with Gasteiger partial charge in [-0.3, -0.25) is 0 Å². The zero-order chi connectivity index (χ0) is 12.7. The summed E-state index contributed by atoms with van der Waals surface area (Å²) in [6, 6.07) is 0. The fourth-order valence-electron chi connectivity index (χ4n) is 4.15. The molecule has 3 fully saturated rings. The molecule has 0 amide bonds. The Balaban J connectivity index is 2.01. The van der Waals surface area contributed by atoms with Gasteiger partial charge >= 0.3 is 0 Å². The number of aliphatic hydroxyl groups is 1. The molecule has 0 aliphatic carbocycles. The molecule has 98 valence electrons. The molecule has 5 atom stereocenters. The van der Waals surface area contributed by atoms with Crippen molar-refractivity contribution in [3.8, 4) is 0 Å². The van der Waals surface area contributed by atoms with E-state index in [9.17, 15) is 5.11 Å². The second-order valence-electron chi connectivity index (χ2n) is 7.05. The second-order valence-corrected chi connectivity index (χ2v) is 7.05. The molecule has 17 heavy (non-hydrogen) atoms. The van der Waals surface area contributed by atoms with E-state index in [1.54, 1.807) is 0 Å². The standard InChI is InChI=1S/C13H22O4/c1-10(2)15-8-9(16-10)13(5)7-11(3,14)6-12(8,4)17-13/h8-9,14H,6-7H2,1-5H3/t8-,9+,11+,12+,13-. The number of rotatable bonds is 0. The maximum Gasteiger partial charge on any atom is 0.164 e. The Morgan fingerprint density at radius 1 is 0.882 bits per heavy atom. The lowest BCUT2D eigenvalue weighted by Crippen LogP contribution is -2.53. The maximum absolute atomic E-state index is 10.4. The Labute approximate surface area is 102 Å². The predicted octanol–water partition coefficient (Wildman–Crippen LogP) is 1.60. The van der Waals surface area contributed by atoms with Crippen LogP contribution in [0.25, 0.3) is 0 Å². The van der Waals surface area contributed by atoms with Gasteiger partial charge in [-0.15, -0.1) is 0 Å². The molecule has 0 aromatic carbocycles. The van der Waals surface area contributed by atoms with Crippen molar-refractivity contribution in [2.45, 2.75) is 82.3 Å². The summed E-state index contributed by atoms with van der Waals surface area (Å²) in [5.41, 5.74) is -1.60. The summed E-state index contributed by atoms with van der Waals surface area (Å²) in [7, 11) is 0. The highest BCUT2D eigenvalue weighted by molar-refractivity contribution is 5.17. The molecule has 3 aliphatic rings. The van der Waals surface area contributed by atoms with Crippen molar-refractivity contribution in [1.82, 2.24) is 0 Å². The Bertz CT molecular complexity index is 326. The van der Waals surface area contributed by atoms with Crippen molar-refractivity contribution in [3.63, 3.8) is 0 Å². The maximum atomic E-state index is 10.4. The van der Waals surface area contributed by atoms with Crippen LogP contribution in [0.3, 0.4) is 0 Å². The van der Waals surface area contributed by atoms with Gasteiger partial charge in [0.05, 0.1) is 16.8 Å². The highest BCUT2D eigenvalue weighted by atomic mass is 16.8. The lowest BCUT2D eigenvalue weighted by atomic mass is 9.82. The second kappa shape index (κ2) is 2.87. The molecule has 4 nitrogen and oxygen atoms in total. The lowest BCUT2D eigenvalue weighted by molar-refractivity contribution is -0.265. The molecule has 3 heterocycles. The third-order valence-electron chi connectivity index (χ3n) is 4.23. The van der Waals surface area contributed by atoms with Crippen molar-refractivity contribution < 1.29 is 19.3 Å². The van der Waals surface area contributed by atoms with E-state index in [2.05, 4.69) is 0 Å². The van der Waals surface area contributed by atoms with Crippen molar-refractivity contribution in [2.24, 2.45) is 0 Å². The first-order chi connectivity index (χ1) is 7.56. The van der Waals surface area contributed by atoms with Crippen LogP contribution in [0.4, 0.5) is 0 Å². The quantitative estimate of drug-likeness (QED) is 0.701. The van der Waals surface area contributed by atoms with Gasteiger partial charge in [0, 0.05) is 12.8 Å². The minimum absolute atomic E-state index is 0.0866. The van der Waals surface area contributed by atoms with Gasteiger partial charge in [0.15, 0.2) is 5.79 Å². The third-order valence-corrected chi connectivity index (χ3v) is 4.23. The SMILES string of the molecule is CC1(C)O[C@@H]2[C@H](O1)[C@@]1(C)C[C@@](C)(O)C[C@]2(C)O1. The summed E-state index contributed by atoms with van der Waals surface area (Å²) in [5.74, 6) is -0.551. The summed E-state index contributed by atoms with van der Waals surface area (Å²) in [5, 5.41) is 10.4. The molecule has 0 aromatic heterocycles. The molecule has 0 radical (unpaired) electrons. The number of hydrogen-bond donors (Lipinski definition) is 1. The highest BCUT2D eigenvalue weighted by Gasteiger charge is 2.70. The molecule has 3 aliphatic heterocycles. The van der Waals surface area contributed by atoms with Gasteiger partial charge < -0.3 is 19.3 Å². The predicted molar refractivity (Wildman–Crippen MR) is 61.6 cm³/mol. The van der Waals surface area contributed by atoms with Gasteiger partial charge in [-0.2, -0.15) is 0 Å². The van der Waals surface area contributed by atoms with Crippen LogP contribution in [-0.2, 0) is 14.2 Å².